The van der Waals surface area contributed by atoms with Crippen molar-refractivity contribution in [2.75, 3.05) is 6.54 Å². The van der Waals surface area contributed by atoms with Gasteiger partial charge in [-0.1, -0.05) is 41.4 Å². The van der Waals surface area contributed by atoms with E-state index >= 15 is 0 Å². The summed E-state index contributed by atoms with van der Waals surface area (Å²) >= 11 is 12.3. The zero-order chi connectivity index (χ0) is 20.1. The quantitative estimate of drug-likeness (QED) is 0.427. The SMILES string of the molecule is O=[N+]([O-])c1ccc(CNCC(O)(Cn2cncn2)c2ccc(Cl)cc2Cl)cc1. The Hall–Kier alpha value is -2.52. The Labute approximate surface area is 170 Å². The van der Waals surface area contributed by atoms with Crippen LogP contribution in [0.2, 0.25) is 10.0 Å². The molecule has 0 saturated carbocycles. The number of benzene rings is 2. The average molecular weight is 422 g/mol. The van der Waals surface area contributed by atoms with Gasteiger partial charge in [-0.15, -0.1) is 0 Å². The predicted molar refractivity (Wildman–Crippen MR) is 105 cm³/mol. The molecule has 0 aliphatic heterocycles. The van der Waals surface area contributed by atoms with Crippen LogP contribution >= 0.6 is 23.2 Å². The van der Waals surface area contributed by atoms with Gasteiger partial charge in [-0.25, -0.2) is 9.67 Å². The first kappa shape index (κ1) is 20.2. The van der Waals surface area contributed by atoms with Crippen LogP contribution in [0.25, 0.3) is 0 Å². The molecule has 0 radical (unpaired) electrons. The van der Waals surface area contributed by atoms with E-state index in [4.69, 9.17) is 23.2 Å². The second kappa shape index (κ2) is 8.66. The molecule has 28 heavy (non-hydrogen) atoms. The Bertz CT molecular complexity index is 950. The summed E-state index contributed by atoms with van der Waals surface area (Å²) in [7, 11) is 0. The zero-order valence-corrected chi connectivity index (χ0v) is 16.1. The van der Waals surface area contributed by atoms with E-state index < -0.39 is 10.5 Å². The Kier molecular flexibility index (Phi) is 6.25. The summed E-state index contributed by atoms with van der Waals surface area (Å²) in [4.78, 5) is 14.2. The molecule has 146 valence electrons. The number of nitro groups is 1. The Balaban J connectivity index is 1.76. The van der Waals surface area contributed by atoms with Crippen molar-refractivity contribution in [2.45, 2.75) is 18.7 Å². The van der Waals surface area contributed by atoms with Crippen molar-refractivity contribution in [1.29, 1.82) is 0 Å². The van der Waals surface area contributed by atoms with E-state index in [-0.39, 0.29) is 18.8 Å². The minimum atomic E-state index is -1.38. The fourth-order valence-corrected chi connectivity index (χ4v) is 3.42. The number of hydrogen-bond donors (Lipinski definition) is 2. The highest BCUT2D eigenvalue weighted by Crippen LogP contribution is 2.31. The van der Waals surface area contributed by atoms with Crippen LogP contribution in [0.5, 0.6) is 0 Å². The van der Waals surface area contributed by atoms with Crippen LogP contribution in [0.4, 0.5) is 5.69 Å². The highest BCUT2D eigenvalue weighted by Gasteiger charge is 2.32. The number of aliphatic hydroxyl groups is 1. The largest absolute Gasteiger partial charge is 0.382 e. The summed E-state index contributed by atoms with van der Waals surface area (Å²) in [5.74, 6) is 0. The van der Waals surface area contributed by atoms with E-state index in [1.807, 2.05) is 0 Å². The van der Waals surface area contributed by atoms with Gasteiger partial charge in [0, 0.05) is 40.8 Å². The number of nitrogens with zero attached hydrogens (tertiary/aromatic N) is 4. The van der Waals surface area contributed by atoms with Gasteiger partial charge in [0.05, 0.1) is 11.5 Å². The molecule has 1 heterocycles. The van der Waals surface area contributed by atoms with Crippen molar-refractivity contribution in [3.63, 3.8) is 0 Å². The molecule has 1 aromatic heterocycles. The number of hydrogen-bond acceptors (Lipinski definition) is 6. The van der Waals surface area contributed by atoms with Gasteiger partial charge in [0.25, 0.3) is 5.69 Å². The number of nitro benzene ring substituents is 1. The van der Waals surface area contributed by atoms with E-state index in [2.05, 4.69) is 15.4 Å². The fourth-order valence-electron chi connectivity index (χ4n) is 2.83. The third-order valence-electron chi connectivity index (χ3n) is 4.22. The fraction of sp³-hybridized carbons (Fsp3) is 0.222. The van der Waals surface area contributed by atoms with Crippen LogP contribution < -0.4 is 5.32 Å². The Morgan fingerprint density at radius 1 is 1.21 bits per heavy atom. The molecular formula is C18H17Cl2N5O3. The molecule has 1 unspecified atom stereocenters. The maximum Gasteiger partial charge on any atom is 0.269 e. The van der Waals surface area contributed by atoms with Gasteiger partial charge in [0.1, 0.15) is 18.3 Å². The standard InChI is InChI=1S/C18H17Cl2N5O3/c19-14-3-6-16(17(20)7-14)18(26,10-24-12-22-11-23-24)9-21-8-13-1-4-15(5-2-13)25(27)28/h1-7,11-12,21,26H,8-10H2. The topological polar surface area (TPSA) is 106 Å². The van der Waals surface area contributed by atoms with E-state index in [1.165, 1.54) is 29.5 Å². The van der Waals surface area contributed by atoms with Crippen LogP contribution in [0, 0.1) is 10.1 Å². The average Bonchev–Trinajstić information content (AvgIpc) is 3.14. The van der Waals surface area contributed by atoms with Crippen LogP contribution in [0.1, 0.15) is 11.1 Å². The lowest BCUT2D eigenvalue weighted by Gasteiger charge is -2.30. The monoisotopic (exact) mass is 421 g/mol. The van der Waals surface area contributed by atoms with Crippen molar-refractivity contribution in [1.82, 2.24) is 20.1 Å². The minimum Gasteiger partial charge on any atom is -0.382 e. The van der Waals surface area contributed by atoms with Gasteiger partial charge in [0.15, 0.2) is 0 Å². The van der Waals surface area contributed by atoms with Crippen molar-refractivity contribution in [3.05, 3.63) is 86.4 Å². The summed E-state index contributed by atoms with van der Waals surface area (Å²) in [6, 6.07) is 11.1. The van der Waals surface area contributed by atoms with Crippen molar-refractivity contribution in [3.8, 4) is 0 Å². The van der Waals surface area contributed by atoms with E-state index in [1.54, 1.807) is 30.3 Å². The molecule has 10 heteroatoms. The molecule has 2 N–H and O–H groups in total. The van der Waals surface area contributed by atoms with Gasteiger partial charge in [0.2, 0.25) is 0 Å². The Morgan fingerprint density at radius 2 is 1.96 bits per heavy atom. The molecule has 1 atom stereocenters. The molecule has 8 nitrogen and oxygen atoms in total. The third-order valence-corrected chi connectivity index (χ3v) is 4.76. The van der Waals surface area contributed by atoms with Gasteiger partial charge in [-0.05, 0) is 17.7 Å². The molecule has 3 aromatic rings. The van der Waals surface area contributed by atoms with Gasteiger partial charge >= 0.3 is 0 Å². The highest BCUT2D eigenvalue weighted by atomic mass is 35.5. The molecular weight excluding hydrogens is 405 g/mol. The zero-order valence-electron chi connectivity index (χ0n) is 14.6. The van der Waals surface area contributed by atoms with E-state index in [9.17, 15) is 15.2 Å². The van der Waals surface area contributed by atoms with Gasteiger partial charge in [-0.2, -0.15) is 5.10 Å². The highest BCUT2D eigenvalue weighted by molar-refractivity contribution is 6.35. The van der Waals surface area contributed by atoms with E-state index in [0.29, 0.717) is 22.2 Å². The first-order valence-corrected chi connectivity index (χ1v) is 9.07. The Morgan fingerprint density at radius 3 is 2.57 bits per heavy atom. The molecule has 0 amide bonds. The summed E-state index contributed by atoms with van der Waals surface area (Å²) in [6.07, 6.45) is 2.89. The number of non-ortho nitro benzene ring substituents is 1. The number of aromatic nitrogens is 3. The number of nitrogens with one attached hydrogen (secondary N) is 1. The van der Waals surface area contributed by atoms with Gasteiger partial charge < -0.3 is 10.4 Å². The number of rotatable bonds is 8. The molecule has 0 spiro atoms. The first-order valence-electron chi connectivity index (χ1n) is 8.32. The molecule has 0 aliphatic rings. The smallest absolute Gasteiger partial charge is 0.269 e. The third kappa shape index (κ3) is 4.85. The molecule has 0 saturated heterocycles. The second-order valence-electron chi connectivity index (χ2n) is 6.28. The lowest BCUT2D eigenvalue weighted by Crippen LogP contribution is -2.42. The van der Waals surface area contributed by atoms with Crippen LogP contribution in [0.3, 0.4) is 0 Å². The molecule has 0 aliphatic carbocycles. The van der Waals surface area contributed by atoms with Crippen LogP contribution in [0.15, 0.2) is 55.1 Å². The van der Waals surface area contributed by atoms with Crippen molar-refractivity contribution < 1.29 is 10.0 Å². The summed E-state index contributed by atoms with van der Waals surface area (Å²) in [5.41, 5.74) is -0.00330. The predicted octanol–water partition coefficient (Wildman–Crippen LogP) is 3.17. The van der Waals surface area contributed by atoms with Crippen molar-refractivity contribution >= 4 is 28.9 Å². The number of halogens is 2. The minimum absolute atomic E-state index is 0.0272. The summed E-state index contributed by atoms with van der Waals surface area (Å²) in [6.45, 7) is 0.690. The normalized spacial score (nSPS) is 13.2. The van der Waals surface area contributed by atoms with Crippen LogP contribution in [-0.2, 0) is 18.7 Å². The maximum absolute atomic E-state index is 11.4. The first-order chi connectivity index (χ1) is 13.4. The van der Waals surface area contributed by atoms with Crippen LogP contribution in [-0.4, -0.2) is 31.3 Å². The maximum atomic E-state index is 11.4. The van der Waals surface area contributed by atoms with E-state index in [0.717, 1.165) is 5.56 Å². The van der Waals surface area contributed by atoms with Gasteiger partial charge in [-0.3, -0.25) is 10.1 Å². The lowest BCUT2D eigenvalue weighted by atomic mass is 9.93. The van der Waals surface area contributed by atoms with Crippen molar-refractivity contribution in [2.24, 2.45) is 0 Å². The lowest BCUT2D eigenvalue weighted by molar-refractivity contribution is -0.384. The summed E-state index contributed by atoms with van der Waals surface area (Å²) < 4.78 is 1.51. The molecule has 2 aromatic carbocycles. The summed E-state index contributed by atoms with van der Waals surface area (Å²) in [5, 5.41) is 30.1. The second-order valence-corrected chi connectivity index (χ2v) is 7.12. The molecule has 3 rings (SSSR count). The molecule has 0 fully saturated rings. The molecule has 0 bridgehead atoms.